The lowest BCUT2D eigenvalue weighted by atomic mass is 10.1. The molecule has 150 valence electrons. The van der Waals surface area contributed by atoms with E-state index in [2.05, 4.69) is 10.4 Å². The molecule has 1 aliphatic carbocycles. The lowest BCUT2D eigenvalue weighted by Gasteiger charge is -2.12. The van der Waals surface area contributed by atoms with E-state index >= 15 is 0 Å². The lowest BCUT2D eigenvalue weighted by molar-refractivity contribution is 0.102. The molecule has 1 aromatic carbocycles. The number of nitrogens with zero attached hydrogens (tertiary/aromatic N) is 3. The van der Waals surface area contributed by atoms with Crippen molar-refractivity contribution in [3.8, 4) is 0 Å². The SMILES string of the molecule is Cc1nn(C2CCS(=O)(=O)C2)c2nc(C3CC3)cc(C(=O)Nc3ccccc3)c12. The predicted molar refractivity (Wildman–Crippen MR) is 111 cm³/mol. The van der Waals surface area contributed by atoms with Crippen molar-refractivity contribution in [3.63, 3.8) is 0 Å². The Morgan fingerprint density at radius 3 is 2.59 bits per heavy atom. The van der Waals surface area contributed by atoms with Gasteiger partial charge in [0.1, 0.15) is 0 Å². The average Bonchev–Trinajstić information content (AvgIpc) is 3.41. The number of nitrogens with one attached hydrogen (secondary N) is 1. The first-order chi connectivity index (χ1) is 13.9. The van der Waals surface area contributed by atoms with Crippen molar-refractivity contribution in [1.82, 2.24) is 14.8 Å². The van der Waals surface area contributed by atoms with Gasteiger partial charge in [0.25, 0.3) is 5.91 Å². The minimum atomic E-state index is -3.05. The van der Waals surface area contributed by atoms with E-state index in [4.69, 9.17) is 4.98 Å². The molecule has 1 amide bonds. The molecule has 1 atom stereocenters. The lowest BCUT2D eigenvalue weighted by Crippen LogP contribution is -2.15. The molecule has 1 saturated heterocycles. The van der Waals surface area contributed by atoms with Gasteiger partial charge in [0.15, 0.2) is 15.5 Å². The van der Waals surface area contributed by atoms with Gasteiger partial charge >= 0.3 is 0 Å². The summed E-state index contributed by atoms with van der Waals surface area (Å²) in [7, 11) is -3.05. The second-order valence-electron chi connectivity index (χ2n) is 7.97. The minimum absolute atomic E-state index is 0.0735. The molecule has 1 unspecified atom stereocenters. The van der Waals surface area contributed by atoms with Crippen LogP contribution in [0.4, 0.5) is 5.69 Å². The fourth-order valence-electron chi connectivity index (χ4n) is 4.04. The molecular formula is C21H22N4O3S. The Morgan fingerprint density at radius 1 is 1.17 bits per heavy atom. The van der Waals surface area contributed by atoms with E-state index in [9.17, 15) is 13.2 Å². The van der Waals surface area contributed by atoms with Crippen molar-refractivity contribution in [2.45, 2.75) is 38.1 Å². The van der Waals surface area contributed by atoms with Gasteiger partial charge in [0.2, 0.25) is 0 Å². The highest BCUT2D eigenvalue weighted by molar-refractivity contribution is 7.91. The van der Waals surface area contributed by atoms with E-state index in [1.54, 1.807) is 4.68 Å². The standard InChI is InChI=1S/C21H22N4O3S/c1-13-19-17(21(26)22-15-5-3-2-4-6-15)11-18(14-7-8-14)23-20(19)25(24-13)16-9-10-29(27,28)12-16/h2-6,11,14,16H,7-10,12H2,1H3,(H,22,26). The van der Waals surface area contributed by atoms with Crippen LogP contribution >= 0.6 is 0 Å². The third kappa shape index (κ3) is 3.42. The van der Waals surface area contributed by atoms with Gasteiger partial charge in [-0.1, -0.05) is 18.2 Å². The summed E-state index contributed by atoms with van der Waals surface area (Å²) >= 11 is 0. The molecule has 3 aromatic rings. The van der Waals surface area contributed by atoms with Crippen LogP contribution in [-0.2, 0) is 9.84 Å². The second-order valence-corrected chi connectivity index (χ2v) is 10.2. The normalized spacial score (nSPS) is 20.8. The number of amides is 1. The molecule has 1 saturated carbocycles. The van der Waals surface area contributed by atoms with Crippen molar-refractivity contribution in [3.05, 3.63) is 53.3 Å². The summed E-state index contributed by atoms with van der Waals surface area (Å²) in [4.78, 5) is 18.0. The number of fused-ring (bicyclic) bond motifs is 1. The fraction of sp³-hybridized carbons (Fsp3) is 0.381. The first kappa shape index (κ1) is 18.3. The van der Waals surface area contributed by atoms with E-state index in [0.29, 0.717) is 34.6 Å². The van der Waals surface area contributed by atoms with E-state index in [0.717, 1.165) is 24.2 Å². The molecule has 2 aliphatic rings. The number of carbonyl (C=O) groups excluding carboxylic acids is 1. The summed E-state index contributed by atoms with van der Waals surface area (Å²) in [6.45, 7) is 1.85. The highest BCUT2D eigenvalue weighted by atomic mass is 32.2. The third-order valence-electron chi connectivity index (χ3n) is 5.68. The molecule has 0 spiro atoms. The van der Waals surface area contributed by atoms with Gasteiger partial charge in [0, 0.05) is 17.3 Å². The largest absolute Gasteiger partial charge is 0.322 e. The number of aryl methyl sites for hydroxylation is 1. The number of rotatable bonds is 4. The van der Waals surface area contributed by atoms with Gasteiger partial charge in [-0.25, -0.2) is 18.1 Å². The molecule has 0 bridgehead atoms. The Kier molecular flexibility index (Phi) is 4.20. The average molecular weight is 410 g/mol. The number of para-hydroxylation sites is 1. The molecular weight excluding hydrogens is 388 g/mol. The first-order valence-electron chi connectivity index (χ1n) is 9.88. The number of aromatic nitrogens is 3. The van der Waals surface area contributed by atoms with E-state index in [1.165, 1.54) is 0 Å². The Labute approximate surface area is 169 Å². The number of carbonyl (C=O) groups is 1. The molecule has 5 rings (SSSR count). The zero-order valence-corrected chi connectivity index (χ0v) is 16.9. The van der Waals surface area contributed by atoms with Crippen LogP contribution in [0.2, 0.25) is 0 Å². The second kappa shape index (κ2) is 6.66. The fourth-order valence-corrected chi connectivity index (χ4v) is 5.73. The molecule has 29 heavy (non-hydrogen) atoms. The van der Waals surface area contributed by atoms with Crippen LogP contribution in [0.25, 0.3) is 11.0 Å². The number of sulfone groups is 1. The molecule has 1 N–H and O–H groups in total. The molecule has 8 heteroatoms. The topological polar surface area (TPSA) is 93.9 Å². The third-order valence-corrected chi connectivity index (χ3v) is 7.43. The quantitative estimate of drug-likeness (QED) is 0.713. The van der Waals surface area contributed by atoms with E-state index in [-0.39, 0.29) is 23.5 Å². The number of hydrogen-bond acceptors (Lipinski definition) is 5. The Bertz CT molecular complexity index is 1210. The van der Waals surface area contributed by atoms with Gasteiger partial charge in [-0.3, -0.25) is 4.79 Å². The van der Waals surface area contributed by atoms with Crippen molar-refractivity contribution in [1.29, 1.82) is 0 Å². The Morgan fingerprint density at radius 2 is 1.93 bits per heavy atom. The Balaban J connectivity index is 1.63. The van der Waals surface area contributed by atoms with Crippen molar-refractivity contribution < 1.29 is 13.2 Å². The molecule has 2 fully saturated rings. The molecule has 7 nitrogen and oxygen atoms in total. The smallest absolute Gasteiger partial charge is 0.256 e. The number of benzene rings is 1. The molecule has 3 heterocycles. The number of anilines is 1. The summed E-state index contributed by atoms with van der Waals surface area (Å²) in [6.07, 6.45) is 2.64. The first-order valence-corrected chi connectivity index (χ1v) is 11.7. The van der Waals surface area contributed by atoms with Gasteiger partial charge in [-0.05, 0) is 44.4 Å². The molecule has 0 radical (unpaired) electrons. The van der Waals surface area contributed by atoms with Gasteiger partial charge in [-0.15, -0.1) is 0 Å². The summed E-state index contributed by atoms with van der Waals surface area (Å²) < 4.78 is 25.7. The number of pyridine rings is 1. The van der Waals surface area contributed by atoms with E-state index in [1.807, 2.05) is 43.3 Å². The summed E-state index contributed by atoms with van der Waals surface area (Å²) in [5, 5.41) is 8.28. The van der Waals surface area contributed by atoms with Crippen LogP contribution in [0, 0.1) is 6.92 Å². The predicted octanol–water partition coefficient (Wildman–Crippen LogP) is 3.23. The summed E-state index contributed by atoms with van der Waals surface area (Å²) in [5.74, 6) is 0.400. The van der Waals surface area contributed by atoms with E-state index < -0.39 is 9.84 Å². The maximum atomic E-state index is 13.1. The zero-order chi connectivity index (χ0) is 20.2. The van der Waals surface area contributed by atoms with Crippen LogP contribution in [-0.4, -0.2) is 40.6 Å². The van der Waals surface area contributed by atoms with Crippen molar-refractivity contribution in [2.24, 2.45) is 0 Å². The molecule has 1 aliphatic heterocycles. The zero-order valence-electron chi connectivity index (χ0n) is 16.1. The van der Waals surface area contributed by atoms with Gasteiger partial charge in [0.05, 0.1) is 34.2 Å². The van der Waals surface area contributed by atoms with Crippen LogP contribution in [0.15, 0.2) is 36.4 Å². The maximum absolute atomic E-state index is 13.1. The van der Waals surface area contributed by atoms with Gasteiger partial charge in [-0.2, -0.15) is 5.10 Å². The molecule has 2 aromatic heterocycles. The highest BCUT2D eigenvalue weighted by Crippen LogP contribution is 2.41. The monoisotopic (exact) mass is 410 g/mol. The van der Waals surface area contributed by atoms with Crippen LogP contribution in [0.5, 0.6) is 0 Å². The summed E-state index contributed by atoms with van der Waals surface area (Å²) in [6, 6.07) is 11.0. The minimum Gasteiger partial charge on any atom is -0.322 e. The van der Waals surface area contributed by atoms with Crippen LogP contribution < -0.4 is 5.32 Å². The van der Waals surface area contributed by atoms with Gasteiger partial charge < -0.3 is 5.32 Å². The summed E-state index contributed by atoms with van der Waals surface area (Å²) in [5.41, 5.74) is 3.47. The van der Waals surface area contributed by atoms with Crippen LogP contribution in [0.3, 0.4) is 0 Å². The highest BCUT2D eigenvalue weighted by Gasteiger charge is 2.34. The number of hydrogen-bond donors (Lipinski definition) is 1. The maximum Gasteiger partial charge on any atom is 0.256 e. The van der Waals surface area contributed by atoms with Crippen LogP contribution in [0.1, 0.15) is 53.0 Å². The Hall–Kier alpha value is -2.74. The van der Waals surface area contributed by atoms with Crippen molar-refractivity contribution >= 4 is 32.5 Å². The van der Waals surface area contributed by atoms with Crippen molar-refractivity contribution in [2.75, 3.05) is 16.8 Å².